The molecule has 0 heterocycles. The SMILES string of the molecule is COC1=C(C(=O)c2ccccc2)C(=O)[C@@]2(CC=C(C)C)C[C@@H]([S+](=O)([O-])c3ccccc3)C(C)(C)[C@@]1(CC=C(C)C)C2=O. The number of rotatable bonds is 9. The minimum absolute atomic E-state index is 0.0109. The lowest BCUT2D eigenvalue weighted by molar-refractivity contribution is -0.162. The maximum absolute atomic E-state index is 15.1. The third-order valence-electron chi connectivity index (χ3n) is 9.13. The van der Waals surface area contributed by atoms with Crippen LogP contribution in [0, 0.1) is 16.2 Å². The van der Waals surface area contributed by atoms with E-state index in [-0.39, 0.29) is 41.3 Å². The van der Waals surface area contributed by atoms with Crippen LogP contribution in [-0.2, 0) is 28.7 Å². The van der Waals surface area contributed by atoms with Gasteiger partial charge in [-0.3, -0.25) is 14.4 Å². The van der Waals surface area contributed by atoms with E-state index in [1.54, 1.807) is 80.6 Å². The number of hydrogen-bond acceptors (Lipinski definition) is 6. The summed E-state index contributed by atoms with van der Waals surface area (Å²) < 4.78 is 34.9. The molecule has 42 heavy (non-hydrogen) atoms. The van der Waals surface area contributed by atoms with E-state index in [1.807, 2.05) is 33.8 Å². The van der Waals surface area contributed by atoms with Crippen molar-refractivity contribution in [2.75, 3.05) is 7.11 Å². The van der Waals surface area contributed by atoms with Crippen LogP contribution in [0.4, 0.5) is 0 Å². The normalized spacial score (nSPS) is 26.2. The maximum Gasteiger partial charge on any atom is 0.200 e. The Bertz CT molecular complexity index is 1540. The highest BCUT2D eigenvalue weighted by Gasteiger charge is 2.75. The van der Waals surface area contributed by atoms with Crippen molar-refractivity contribution in [1.82, 2.24) is 0 Å². The van der Waals surface area contributed by atoms with Gasteiger partial charge in [0.05, 0.1) is 17.3 Å². The van der Waals surface area contributed by atoms with Crippen LogP contribution in [0.1, 0.15) is 71.2 Å². The summed E-state index contributed by atoms with van der Waals surface area (Å²) in [6, 6.07) is 16.6. The molecule has 7 heteroatoms. The summed E-state index contributed by atoms with van der Waals surface area (Å²) in [6.45, 7) is 11.0. The molecule has 1 fully saturated rings. The topological polar surface area (TPSA) is 101 Å². The molecule has 2 aliphatic rings. The molecule has 0 saturated heterocycles. The van der Waals surface area contributed by atoms with E-state index < -0.39 is 43.3 Å². The van der Waals surface area contributed by atoms with Gasteiger partial charge in [0.15, 0.2) is 22.2 Å². The number of methoxy groups -OCH3 is 1. The van der Waals surface area contributed by atoms with Crippen molar-refractivity contribution in [3.05, 3.63) is 101 Å². The number of ketones is 3. The van der Waals surface area contributed by atoms with Gasteiger partial charge in [-0.25, -0.2) is 0 Å². The van der Waals surface area contributed by atoms with Crippen LogP contribution < -0.4 is 0 Å². The summed E-state index contributed by atoms with van der Waals surface area (Å²) in [5.74, 6) is -1.64. The van der Waals surface area contributed by atoms with Gasteiger partial charge in [-0.2, -0.15) is 0 Å². The molecule has 2 aromatic carbocycles. The van der Waals surface area contributed by atoms with Crippen molar-refractivity contribution in [2.45, 2.75) is 71.0 Å². The largest absolute Gasteiger partial charge is 0.610 e. The third-order valence-corrected chi connectivity index (χ3v) is 11.6. The Labute approximate surface area is 250 Å². The maximum atomic E-state index is 15.1. The molecular weight excluding hydrogens is 548 g/mol. The Balaban J connectivity index is 2.16. The Morgan fingerprint density at radius 1 is 0.929 bits per heavy atom. The van der Waals surface area contributed by atoms with Crippen LogP contribution in [0.2, 0.25) is 0 Å². The lowest BCUT2D eigenvalue weighted by Crippen LogP contribution is -2.69. The lowest BCUT2D eigenvalue weighted by atomic mass is 9.43. The number of sulfone groups is 1. The highest BCUT2D eigenvalue weighted by atomic mass is 32.3. The summed E-state index contributed by atoms with van der Waals surface area (Å²) in [5.41, 5.74) is -2.72. The van der Waals surface area contributed by atoms with E-state index in [1.165, 1.54) is 7.11 Å². The molecule has 1 unspecified atom stereocenters. The van der Waals surface area contributed by atoms with Gasteiger partial charge < -0.3 is 9.29 Å². The molecule has 0 aliphatic heterocycles. The Morgan fingerprint density at radius 3 is 1.98 bits per heavy atom. The average molecular weight is 589 g/mol. The fourth-order valence-corrected chi connectivity index (χ4v) is 9.07. The Hall–Kier alpha value is -3.42. The van der Waals surface area contributed by atoms with Crippen molar-refractivity contribution in [3.8, 4) is 0 Å². The highest BCUT2D eigenvalue weighted by molar-refractivity contribution is 7.98. The smallest absolute Gasteiger partial charge is 0.200 e. The first-order valence-corrected chi connectivity index (χ1v) is 15.8. The van der Waals surface area contributed by atoms with Crippen LogP contribution >= 0.6 is 0 Å². The van der Waals surface area contributed by atoms with E-state index in [4.69, 9.17) is 4.74 Å². The molecule has 6 nitrogen and oxygen atoms in total. The fourth-order valence-electron chi connectivity index (χ4n) is 6.73. The van der Waals surface area contributed by atoms with E-state index >= 15 is 4.79 Å². The molecule has 222 valence electrons. The summed E-state index contributed by atoms with van der Waals surface area (Å²) in [7, 11) is -2.69. The van der Waals surface area contributed by atoms with E-state index in [0.29, 0.717) is 5.56 Å². The summed E-state index contributed by atoms with van der Waals surface area (Å²) in [6.07, 6.45) is 3.51. The quantitative estimate of drug-likeness (QED) is 0.102. The van der Waals surface area contributed by atoms with Crippen molar-refractivity contribution in [1.29, 1.82) is 0 Å². The summed E-state index contributed by atoms with van der Waals surface area (Å²) >= 11 is 0. The predicted octanol–water partition coefficient (Wildman–Crippen LogP) is 7.09. The minimum atomic E-state index is -4.04. The van der Waals surface area contributed by atoms with Gasteiger partial charge in [0.25, 0.3) is 0 Å². The lowest BCUT2D eigenvalue weighted by Gasteiger charge is -2.60. The monoisotopic (exact) mass is 588 g/mol. The molecule has 0 N–H and O–H groups in total. The first kappa shape index (κ1) is 31.5. The standard InChI is InChI=1S/C35H40O6S/c1-23(2)18-20-34-22-27(42(39,40)26-16-12-9-13-17-26)33(5,6)35(32(34)38,21-19-24(3)4)31(41-7)28(30(34)37)29(36)25-14-10-8-11-15-25/h8-19,27H,20-22H2,1-7H3/t27-,34-,35-/m1/s1. The molecule has 0 aromatic heterocycles. The molecule has 2 aromatic rings. The second-order valence-electron chi connectivity index (χ2n) is 12.5. The van der Waals surface area contributed by atoms with Crippen molar-refractivity contribution in [3.63, 3.8) is 0 Å². The summed E-state index contributed by atoms with van der Waals surface area (Å²) in [4.78, 5) is 44.1. The number of Topliss-reactive ketones (excluding diaryl/α,β-unsaturated/α-hetero) is 3. The second-order valence-corrected chi connectivity index (χ2v) is 14.6. The van der Waals surface area contributed by atoms with Crippen LogP contribution in [0.5, 0.6) is 0 Å². The fraction of sp³-hybridized carbons (Fsp3) is 0.400. The number of ether oxygens (including phenoxy) is 1. The van der Waals surface area contributed by atoms with Gasteiger partial charge in [0, 0.05) is 17.4 Å². The first-order chi connectivity index (χ1) is 19.7. The molecule has 0 amide bonds. The van der Waals surface area contributed by atoms with Crippen molar-refractivity contribution >= 4 is 27.6 Å². The van der Waals surface area contributed by atoms with Crippen LogP contribution in [0.25, 0.3) is 0 Å². The van der Waals surface area contributed by atoms with Gasteiger partial charge in [-0.1, -0.05) is 85.7 Å². The molecule has 1 saturated carbocycles. The number of carbonyl (C=O) groups excluding carboxylic acids is 3. The van der Waals surface area contributed by atoms with Gasteiger partial charge in [-0.15, -0.1) is 4.21 Å². The van der Waals surface area contributed by atoms with E-state index in [0.717, 1.165) is 11.1 Å². The minimum Gasteiger partial charge on any atom is -0.610 e. The van der Waals surface area contributed by atoms with Crippen molar-refractivity contribution in [2.24, 2.45) is 16.2 Å². The molecule has 2 bridgehead atoms. The zero-order valence-electron chi connectivity index (χ0n) is 25.5. The van der Waals surface area contributed by atoms with Crippen LogP contribution in [0.3, 0.4) is 0 Å². The van der Waals surface area contributed by atoms with Crippen LogP contribution in [-0.4, -0.2) is 34.3 Å². The first-order valence-electron chi connectivity index (χ1n) is 14.2. The summed E-state index contributed by atoms with van der Waals surface area (Å²) in [5, 5.41) is -1.12. The zero-order valence-corrected chi connectivity index (χ0v) is 26.3. The number of carbonyl (C=O) groups is 3. The van der Waals surface area contributed by atoms with Crippen LogP contribution in [0.15, 0.2) is 100 Å². The van der Waals surface area contributed by atoms with Gasteiger partial charge in [0.2, 0.25) is 0 Å². The van der Waals surface area contributed by atoms with Gasteiger partial charge >= 0.3 is 0 Å². The second kappa shape index (κ2) is 11.3. The molecule has 0 spiro atoms. The van der Waals surface area contributed by atoms with E-state index in [9.17, 15) is 18.4 Å². The van der Waals surface area contributed by atoms with Crippen molar-refractivity contribution < 1.29 is 27.9 Å². The molecular formula is C35H40O6S. The Kier molecular flexibility index (Phi) is 8.51. The number of allylic oxidation sites excluding steroid dienone is 6. The number of hydrogen-bond donors (Lipinski definition) is 0. The average Bonchev–Trinajstić information content (AvgIpc) is 2.95. The molecule has 4 rings (SSSR count). The highest BCUT2D eigenvalue weighted by Crippen LogP contribution is 2.67. The molecule has 4 atom stereocenters. The molecule has 0 radical (unpaired) electrons. The van der Waals surface area contributed by atoms with Gasteiger partial charge in [-0.05, 0) is 52.7 Å². The predicted molar refractivity (Wildman–Crippen MR) is 164 cm³/mol. The molecule has 2 aliphatic carbocycles. The Morgan fingerprint density at radius 2 is 1.45 bits per heavy atom. The number of benzene rings is 2. The van der Waals surface area contributed by atoms with Gasteiger partial charge in [0.1, 0.15) is 27.4 Å². The third kappa shape index (κ3) is 4.77. The zero-order chi connectivity index (χ0) is 31.1. The number of fused-ring (bicyclic) bond motifs is 2. The van der Waals surface area contributed by atoms with E-state index in [2.05, 4.69) is 0 Å².